The van der Waals surface area contributed by atoms with Crippen molar-refractivity contribution in [2.75, 3.05) is 6.54 Å². The van der Waals surface area contributed by atoms with Crippen LogP contribution in [0.5, 0.6) is 0 Å². The average Bonchev–Trinajstić information content (AvgIpc) is 2.31. The molecule has 17 heavy (non-hydrogen) atoms. The molecular weight excluding hydrogens is 219 g/mol. The Morgan fingerprint density at radius 1 is 1.53 bits per heavy atom. The van der Waals surface area contributed by atoms with Gasteiger partial charge in [-0.05, 0) is 37.5 Å². The predicted molar refractivity (Wildman–Crippen MR) is 66.4 cm³/mol. The lowest BCUT2D eigenvalue weighted by molar-refractivity contribution is 0.0951. The Balaban J connectivity index is 2.55. The largest absolute Gasteiger partial charge is 0.352 e. The van der Waals surface area contributed by atoms with E-state index in [0.29, 0.717) is 12.1 Å². The molecule has 0 saturated carbocycles. The second kappa shape index (κ2) is 6.35. The lowest BCUT2D eigenvalue weighted by Gasteiger charge is -2.10. The Kier molecular flexibility index (Phi) is 5.10. The topological polar surface area (TPSA) is 55.1 Å². The summed E-state index contributed by atoms with van der Waals surface area (Å²) in [7, 11) is 0. The molecule has 0 spiro atoms. The average molecular weight is 238 g/mol. The maximum atomic E-state index is 13.0. The van der Waals surface area contributed by atoms with Gasteiger partial charge in [0.15, 0.2) is 0 Å². The highest BCUT2D eigenvalue weighted by Crippen LogP contribution is 2.09. The number of aryl methyl sites for hydroxylation is 1. The monoisotopic (exact) mass is 238 g/mol. The number of carbonyl (C=O) groups excluding carboxylic acids is 1. The van der Waals surface area contributed by atoms with E-state index in [2.05, 4.69) is 5.32 Å². The summed E-state index contributed by atoms with van der Waals surface area (Å²) in [5.74, 6) is -0.642. The Morgan fingerprint density at radius 2 is 2.24 bits per heavy atom. The van der Waals surface area contributed by atoms with Crippen molar-refractivity contribution >= 4 is 5.91 Å². The zero-order chi connectivity index (χ0) is 12.8. The fourth-order valence-electron chi connectivity index (χ4n) is 1.51. The van der Waals surface area contributed by atoms with Gasteiger partial charge in [-0.2, -0.15) is 0 Å². The third-order valence-electron chi connectivity index (χ3n) is 2.77. The lowest BCUT2D eigenvalue weighted by atomic mass is 10.1. The van der Waals surface area contributed by atoms with Crippen LogP contribution in [0.1, 0.15) is 35.7 Å². The predicted octanol–water partition coefficient (Wildman–Crippen LogP) is 1.99. The zero-order valence-electron chi connectivity index (χ0n) is 10.3. The summed E-state index contributed by atoms with van der Waals surface area (Å²) < 4.78 is 13.0. The van der Waals surface area contributed by atoms with Crippen molar-refractivity contribution in [2.24, 2.45) is 5.73 Å². The van der Waals surface area contributed by atoms with Gasteiger partial charge in [0.1, 0.15) is 5.82 Å². The first-order valence-corrected chi connectivity index (χ1v) is 5.84. The summed E-state index contributed by atoms with van der Waals surface area (Å²) in [5.41, 5.74) is 6.89. The fraction of sp³-hybridized carbons (Fsp3) is 0.462. The molecule has 4 heteroatoms. The van der Waals surface area contributed by atoms with E-state index in [-0.39, 0.29) is 11.9 Å². The molecule has 0 heterocycles. The van der Waals surface area contributed by atoms with E-state index < -0.39 is 5.82 Å². The van der Waals surface area contributed by atoms with E-state index in [0.717, 1.165) is 18.4 Å². The summed E-state index contributed by atoms with van der Waals surface area (Å²) in [6.45, 7) is 4.30. The van der Waals surface area contributed by atoms with Gasteiger partial charge in [-0.1, -0.05) is 13.0 Å². The fourth-order valence-corrected chi connectivity index (χ4v) is 1.51. The highest BCUT2D eigenvalue weighted by molar-refractivity contribution is 5.95. The highest BCUT2D eigenvalue weighted by Gasteiger charge is 2.09. The summed E-state index contributed by atoms with van der Waals surface area (Å²) >= 11 is 0. The van der Waals surface area contributed by atoms with Crippen LogP contribution >= 0.6 is 0 Å². The highest BCUT2D eigenvalue weighted by atomic mass is 19.1. The number of rotatable bonds is 5. The Hall–Kier alpha value is -1.42. The van der Waals surface area contributed by atoms with Gasteiger partial charge >= 0.3 is 0 Å². The number of nitrogens with one attached hydrogen (secondary N) is 1. The van der Waals surface area contributed by atoms with Crippen molar-refractivity contribution < 1.29 is 9.18 Å². The molecule has 0 saturated heterocycles. The van der Waals surface area contributed by atoms with Crippen molar-refractivity contribution in [1.82, 2.24) is 5.32 Å². The first kappa shape index (κ1) is 13.6. The second-order valence-corrected chi connectivity index (χ2v) is 4.17. The first-order valence-electron chi connectivity index (χ1n) is 5.84. The van der Waals surface area contributed by atoms with Crippen molar-refractivity contribution in [3.05, 3.63) is 35.1 Å². The van der Waals surface area contributed by atoms with Gasteiger partial charge in [-0.15, -0.1) is 0 Å². The third-order valence-corrected chi connectivity index (χ3v) is 2.77. The lowest BCUT2D eigenvalue weighted by Crippen LogP contribution is -2.30. The number of hydrogen-bond acceptors (Lipinski definition) is 2. The van der Waals surface area contributed by atoms with Crippen LogP contribution in [0.3, 0.4) is 0 Å². The molecular formula is C13H19FN2O. The van der Waals surface area contributed by atoms with Crippen molar-refractivity contribution in [1.29, 1.82) is 0 Å². The molecule has 1 rings (SSSR count). The van der Waals surface area contributed by atoms with Gasteiger partial charge in [0.2, 0.25) is 0 Å². The van der Waals surface area contributed by atoms with E-state index >= 15 is 0 Å². The van der Waals surface area contributed by atoms with Gasteiger partial charge in [-0.25, -0.2) is 4.39 Å². The first-order chi connectivity index (χ1) is 8.04. The molecule has 1 aromatic rings. The van der Waals surface area contributed by atoms with Gasteiger partial charge in [0.05, 0.1) is 0 Å². The minimum absolute atomic E-state index is 0.101. The number of amides is 1. The normalized spacial score (nSPS) is 12.2. The maximum absolute atomic E-state index is 13.0. The number of nitrogens with two attached hydrogens (primary N) is 1. The molecule has 0 radical (unpaired) electrons. The molecule has 3 nitrogen and oxygen atoms in total. The molecule has 1 atom stereocenters. The van der Waals surface area contributed by atoms with Crippen LogP contribution in [-0.2, 0) is 0 Å². The molecule has 0 aromatic heterocycles. The van der Waals surface area contributed by atoms with Gasteiger partial charge < -0.3 is 11.1 Å². The summed E-state index contributed by atoms with van der Waals surface area (Å²) in [6.07, 6.45) is 1.62. The van der Waals surface area contributed by atoms with E-state index in [1.165, 1.54) is 12.1 Å². The summed E-state index contributed by atoms with van der Waals surface area (Å²) in [4.78, 5) is 11.8. The van der Waals surface area contributed by atoms with Crippen molar-refractivity contribution in [2.45, 2.75) is 32.7 Å². The quantitative estimate of drug-likeness (QED) is 0.824. The second-order valence-electron chi connectivity index (χ2n) is 4.17. The molecule has 0 aliphatic rings. The third kappa shape index (κ3) is 4.15. The minimum Gasteiger partial charge on any atom is -0.352 e. The summed E-state index contributed by atoms with van der Waals surface area (Å²) in [5, 5.41) is 2.75. The number of carbonyl (C=O) groups is 1. The molecule has 3 N–H and O–H groups in total. The van der Waals surface area contributed by atoms with E-state index in [4.69, 9.17) is 5.73 Å². The van der Waals surface area contributed by atoms with Crippen LogP contribution in [0.25, 0.3) is 0 Å². The number of halogens is 1. The number of benzene rings is 1. The molecule has 1 unspecified atom stereocenters. The van der Waals surface area contributed by atoms with Crippen molar-refractivity contribution in [3.63, 3.8) is 0 Å². The molecule has 0 bridgehead atoms. The van der Waals surface area contributed by atoms with Gasteiger partial charge in [0.25, 0.3) is 5.91 Å². The van der Waals surface area contributed by atoms with Crippen LogP contribution in [0.2, 0.25) is 0 Å². The Bertz CT molecular complexity index is 393. The number of hydrogen-bond donors (Lipinski definition) is 2. The van der Waals surface area contributed by atoms with E-state index in [1.807, 2.05) is 6.92 Å². The van der Waals surface area contributed by atoms with E-state index in [1.54, 1.807) is 13.0 Å². The molecule has 0 aliphatic heterocycles. The zero-order valence-corrected chi connectivity index (χ0v) is 10.3. The van der Waals surface area contributed by atoms with Gasteiger partial charge in [0, 0.05) is 18.2 Å². The van der Waals surface area contributed by atoms with Crippen LogP contribution < -0.4 is 11.1 Å². The molecule has 94 valence electrons. The SMILES string of the molecule is CCC(N)CCNC(=O)c1cc(F)ccc1C. The smallest absolute Gasteiger partial charge is 0.251 e. The Labute approximate surface area is 101 Å². The molecule has 1 amide bonds. The summed E-state index contributed by atoms with van der Waals surface area (Å²) in [6, 6.07) is 4.30. The van der Waals surface area contributed by atoms with Gasteiger partial charge in [-0.3, -0.25) is 4.79 Å². The van der Waals surface area contributed by atoms with Crippen LogP contribution in [0.4, 0.5) is 4.39 Å². The molecule has 1 aromatic carbocycles. The Morgan fingerprint density at radius 3 is 2.88 bits per heavy atom. The van der Waals surface area contributed by atoms with Crippen LogP contribution in [0, 0.1) is 12.7 Å². The van der Waals surface area contributed by atoms with Crippen LogP contribution in [-0.4, -0.2) is 18.5 Å². The maximum Gasteiger partial charge on any atom is 0.251 e. The van der Waals surface area contributed by atoms with Crippen LogP contribution in [0.15, 0.2) is 18.2 Å². The molecule has 0 aliphatic carbocycles. The standard InChI is InChI=1S/C13H19FN2O/c1-3-11(15)6-7-16-13(17)12-8-10(14)5-4-9(12)2/h4-5,8,11H,3,6-7,15H2,1-2H3,(H,16,17). The van der Waals surface area contributed by atoms with Crippen molar-refractivity contribution in [3.8, 4) is 0 Å². The minimum atomic E-state index is -0.397. The molecule has 0 fully saturated rings. The van der Waals surface area contributed by atoms with E-state index in [9.17, 15) is 9.18 Å².